The first-order valence-corrected chi connectivity index (χ1v) is 5.79. The van der Waals surface area contributed by atoms with Crippen LogP contribution in [0.25, 0.3) is 0 Å². The molecule has 0 aliphatic rings. The van der Waals surface area contributed by atoms with Crippen molar-refractivity contribution in [2.75, 3.05) is 24.3 Å². The Hall–Kier alpha value is -1.57. The number of rotatable bonds is 5. The number of nitrogens with one attached hydrogen (secondary N) is 2. The van der Waals surface area contributed by atoms with E-state index in [-0.39, 0.29) is 24.3 Å². The number of aliphatic hydroxyl groups excluding tert-OH is 1. The zero-order chi connectivity index (χ0) is 14.6. The predicted octanol–water partition coefficient (Wildman–Crippen LogP) is 1.97. The van der Waals surface area contributed by atoms with Gasteiger partial charge in [-0.15, -0.1) is 0 Å². The van der Waals surface area contributed by atoms with Crippen LogP contribution in [0.1, 0.15) is 19.5 Å². The molecule has 1 rings (SSSR count). The minimum atomic E-state index is -4.54. The van der Waals surface area contributed by atoms with Crippen LogP contribution in [0.3, 0.4) is 0 Å². The molecule has 0 radical (unpaired) electrons. The van der Waals surface area contributed by atoms with Crippen LogP contribution in [0.2, 0.25) is 0 Å². The van der Waals surface area contributed by atoms with Gasteiger partial charge >= 0.3 is 6.18 Å². The number of nitrogens with zero attached hydrogens (tertiary/aromatic N) is 2. The standard InChI is InChI=1S/C11H17F3N4O/c1-6(2)7(5-19)16-10-17-8(11(12,13)14)4-9(15-3)18-10/h4,6-7,19H,5H2,1-3H3,(H2,15,16,17,18)/t7-/m0/s1. The van der Waals surface area contributed by atoms with Crippen molar-refractivity contribution < 1.29 is 18.3 Å². The Morgan fingerprint density at radius 2 is 1.95 bits per heavy atom. The van der Waals surface area contributed by atoms with Crippen molar-refractivity contribution in [3.63, 3.8) is 0 Å². The molecule has 1 aromatic rings. The van der Waals surface area contributed by atoms with E-state index in [1.807, 2.05) is 13.8 Å². The normalized spacial score (nSPS) is 13.5. The summed E-state index contributed by atoms with van der Waals surface area (Å²) in [5.74, 6) is -0.0709. The van der Waals surface area contributed by atoms with E-state index in [4.69, 9.17) is 5.11 Å². The molecule has 0 aliphatic carbocycles. The van der Waals surface area contributed by atoms with Gasteiger partial charge in [0.2, 0.25) is 5.95 Å². The fourth-order valence-electron chi connectivity index (χ4n) is 1.37. The topological polar surface area (TPSA) is 70.1 Å². The van der Waals surface area contributed by atoms with E-state index in [2.05, 4.69) is 20.6 Å². The molecule has 0 aliphatic heterocycles. The van der Waals surface area contributed by atoms with E-state index in [0.717, 1.165) is 6.07 Å². The lowest BCUT2D eigenvalue weighted by atomic mass is 10.1. The maximum atomic E-state index is 12.7. The molecular formula is C11H17F3N4O. The van der Waals surface area contributed by atoms with Crippen molar-refractivity contribution >= 4 is 11.8 Å². The van der Waals surface area contributed by atoms with Gasteiger partial charge in [-0.25, -0.2) is 4.98 Å². The third-order valence-corrected chi connectivity index (χ3v) is 2.59. The molecule has 19 heavy (non-hydrogen) atoms. The average Bonchev–Trinajstić information content (AvgIpc) is 2.34. The minimum Gasteiger partial charge on any atom is -0.394 e. The number of alkyl halides is 3. The summed E-state index contributed by atoms with van der Waals surface area (Å²) in [6, 6.07) is 0.419. The Morgan fingerprint density at radius 3 is 2.37 bits per heavy atom. The van der Waals surface area contributed by atoms with Crippen LogP contribution in [0.4, 0.5) is 24.9 Å². The molecule has 8 heteroatoms. The summed E-state index contributed by atoms with van der Waals surface area (Å²) in [5, 5.41) is 14.4. The van der Waals surface area contributed by atoms with Gasteiger partial charge in [0.1, 0.15) is 5.82 Å². The first-order chi connectivity index (χ1) is 8.77. The molecule has 0 amide bonds. The number of halogens is 3. The Bertz CT molecular complexity index is 423. The number of hydrogen-bond acceptors (Lipinski definition) is 5. The van der Waals surface area contributed by atoms with Crippen LogP contribution in [0.5, 0.6) is 0 Å². The summed E-state index contributed by atoms with van der Waals surface area (Å²) in [6.45, 7) is 3.45. The van der Waals surface area contributed by atoms with Gasteiger partial charge in [0.25, 0.3) is 0 Å². The first kappa shape index (κ1) is 15.5. The number of hydrogen-bond donors (Lipinski definition) is 3. The lowest BCUT2D eigenvalue weighted by molar-refractivity contribution is -0.141. The van der Waals surface area contributed by atoms with Crippen LogP contribution >= 0.6 is 0 Å². The van der Waals surface area contributed by atoms with Crippen LogP contribution < -0.4 is 10.6 Å². The molecule has 0 fully saturated rings. The molecule has 0 bridgehead atoms. The van der Waals surface area contributed by atoms with Crippen molar-refractivity contribution in [3.8, 4) is 0 Å². The number of aliphatic hydroxyl groups is 1. The molecule has 0 saturated heterocycles. The molecule has 108 valence electrons. The largest absolute Gasteiger partial charge is 0.433 e. The van der Waals surface area contributed by atoms with E-state index >= 15 is 0 Å². The van der Waals surface area contributed by atoms with E-state index in [9.17, 15) is 13.2 Å². The molecule has 1 heterocycles. The molecule has 1 atom stereocenters. The molecular weight excluding hydrogens is 261 g/mol. The highest BCUT2D eigenvalue weighted by molar-refractivity contribution is 5.43. The molecule has 0 aromatic carbocycles. The maximum Gasteiger partial charge on any atom is 0.433 e. The fourth-order valence-corrected chi connectivity index (χ4v) is 1.37. The first-order valence-electron chi connectivity index (χ1n) is 5.79. The molecule has 0 unspecified atom stereocenters. The Kier molecular flexibility index (Phi) is 4.93. The van der Waals surface area contributed by atoms with Gasteiger partial charge in [0, 0.05) is 13.1 Å². The van der Waals surface area contributed by atoms with Gasteiger partial charge in [-0.05, 0) is 5.92 Å². The Morgan fingerprint density at radius 1 is 1.32 bits per heavy atom. The molecule has 3 N–H and O–H groups in total. The number of anilines is 2. The zero-order valence-electron chi connectivity index (χ0n) is 10.9. The summed E-state index contributed by atoms with van der Waals surface area (Å²) in [6.07, 6.45) is -4.54. The predicted molar refractivity (Wildman–Crippen MR) is 65.9 cm³/mol. The second-order valence-corrected chi connectivity index (χ2v) is 4.39. The van der Waals surface area contributed by atoms with Crippen LogP contribution in [-0.2, 0) is 6.18 Å². The smallest absolute Gasteiger partial charge is 0.394 e. The highest BCUT2D eigenvalue weighted by Gasteiger charge is 2.33. The van der Waals surface area contributed by atoms with Crippen LogP contribution in [-0.4, -0.2) is 34.8 Å². The third kappa shape index (κ3) is 4.23. The highest BCUT2D eigenvalue weighted by Crippen LogP contribution is 2.29. The SMILES string of the molecule is CNc1cc(C(F)(F)F)nc(N[C@@H](CO)C(C)C)n1. The lowest BCUT2D eigenvalue weighted by Gasteiger charge is -2.20. The summed E-state index contributed by atoms with van der Waals surface area (Å²) in [5.41, 5.74) is -1.03. The molecule has 5 nitrogen and oxygen atoms in total. The molecule has 0 spiro atoms. The summed E-state index contributed by atoms with van der Waals surface area (Å²) >= 11 is 0. The van der Waals surface area contributed by atoms with Gasteiger partial charge in [-0.3, -0.25) is 0 Å². The monoisotopic (exact) mass is 278 g/mol. The average molecular weight is 278 g/mol. The van der Waals surface area contributed by atoms with E-state index < -0.39 is 17.9 Å². The van der Waals surface area contributed by atoms with Crippen LogP contribution in [0, 0.1) is 5.92 Å². The highest BCUT2D eigenvalue weighted by atomic mass is 19.4. The maximum absolute atomic E-state index is 12.7. The molecule has 1 aromatic heterocycles. The van der Waals surface area contributed by atoms with Gasteiger partial charge in [-0.2, -0.15) is 18.2 Å². The van der Waals surface area contributed by atoms with Gasteiger partial charge in [-0.1, -0.05) is 13.8 Å². The summed E-state index contributed by atoms with van der Waals surface area (Å²) in [7, 11) is 1.47. The Balaban J connectivity index is 3.07. The summed E-state index contributed by atoms with van der Waals surface area (Å²) < 4.78 is 38.0. The van der Waals surface area contributed by atoms with Crippen molar-refractivity contribution in [3.05, 3.63) is 11.8 Å². The van der Waals surface area contributed by atoms with E-state index in [0.29, 0.717) is 0 Å². The fraction of sp³-hybridized carbons (Fsp3) is 0.636. The second kappa shape index (κ2) is 6.05. The van der Waals surface area contributed by atoms with Crippen molar-refractivity contribution in [1.82, 2.24) is 9.97 Å². The van der Waals surface area contributed by atoms with Crippen LogP contribution in [0.15, 0.2) is 6.07 Å². The van der Waals surface area contributed by atoms with Gasteiger partial charge < -0.3 is 15.7 Å². The van der Waals surface area contributed by atoms with Crippen molar-refractivity contribution in [2.24, 2.45) is 5.92 Å². The quantitative estimate of drug-likeness (QED) is 0.768. The Labute approximate surface area is 109 Å². The minimum absolute atomic E-state index is 0.0289. The third-order valence-electron chi connectivity index (χ3n) is 2.59. The number of aromatic nitrogens is 2. The van der Waals surface area contributed by atoms with E-state index in [1.165, 1.54) is 7.05 Å². The van der Waals surface area contributed by atoms with Crippen molar-refractivity contribution in [1.29, 1.82) is 0 Å². The van der Waals surface area contributed by atoms with Gasteiger partial charge in [0.05, 0.1) is 12.6 Å². The summed E-state index contributed by atoms with van der Waals surface area (Å²) in [4.78, 5) is 7.32. The lowest BCUT2D eigenvalue weighted by Crippen LogP contribution is -2.30. The molecule has 0 saturated carbocycles. The van der Waals surface area contributed by atoms with E-state index in [1.54, 1.807) is 0 Å². The van der Waals surface area contributed by atoms with Crippen molar-refractivity contribution in [2.45, 2.75) is 26.1 Å². The zero-order valence-corrected chi connectivity index (χ0v) is 10.9. The second-order valence-electron chi connectivity index (χ2n) is 4.39. The van der Waals surface area contributed by atoms with Gasteiger partial charge in [0.15, 0.2) is 5.69 Å².